The van der Waals surface area contributed by atoms with Gasteiger partial charge in [0.15, 0.2) is 5.11 Å². The number of hydrogen-bond acceptors (Lipinski definition) is 2. The summed E-state index contributed by atoms with van der Waals surface area (Å²) in [7, 11) is 0. The van der Waals surface area contributed by atoms with Crippen molar-refractivity contribution in [2.75, 3.05) is 6.54 Å². The molecular weight excluding hydrogens is 330 g/mol. The zero-order valence-corrected chi connectivity index (χ0v) is 15.9. The van der Waals surface area contributed by atoms with E-state index in [9.17, 15) is 4.79 Å². The van der Waals surface area contributed by atoms with Crippen LogP contribution in [0.1, 0.15) is 50.2 Å². The van der Waals surface area contributed by atoms with Crippen LogP contribution in [-0.4, -0.2) is 27.6 Å². The Bertz CT molecular complexity index is 808. The summed E-state index contributed by atoms with van der Waals surface area (Å²) in [6.07, 6.45) is 6.08. The molecular formula is C20H27N3OS. The monoisotopic (exact) mass is 357 g/mol. The quantitative estimate of drug-likeness (QED) is 0.816. The van der Waals surface area contributed by atoms with E-state index in [1.54, 1.807) is 0 Å². The predicted octanol–water partition coefficient (Wildman–Crippen LogP) is 3.87. The van der Waals surface area contributed by atoms with E-state index in [1.807, 2.05) is 19.1 Å². The van der Waals surface area contributed by atoms with E-state index < -0.39 is 0 Å². The van der Waals surface area contributed by atoms with Gasteiger partial charge in [0.05, 0.1) is 6.54 Å². The molecule has 134 valence electrons. The van der Waals surface area contributed by atoms with Gasteiger partial charge in [0.1, 0.15) is 0 Å². The van der Waals surface area contributed by atoms with Gasteiger partial charge in [0.25, 0.3) is 5.56 Å². The molecule has 1 saturated carbocycles. The molecule has 2 aromatic rings. The Balaban J connectivity index is 1.91. The van der Waals surface area contributed by atoms with Crippen LogP contribution in [0.15, 0.2) is 29.1 Å². The van der Waals surface area contributed by atoms with Crippen molar-refractivity contribution in [3.05, 3.63) is 45.7 Å². The highest BCUT2D eigenvalue weighted by Crippen LogP contribution is 2.24. The summed E-state index contributed by atoms with van der Waals surface area (Å²) in [5.41, 5.74) is 2.81. The van der Waals surface area contributed by atoms with Crippen molar-refractivity contribution in [3.63, 3.8) is 0 Å². The first-order valence-electron chi connectivity index (χ1n) is 9.25. The number of nitrogens with zero attached hydrogens (tertiary/aromatic N) is 1. The van der Waals surface area contributed by atoms with Crippen LogP contribution in [0, 0.1) is 6.92 Å². The molecule has 0 amide bonds. The van der Waals surface area contributed by atoms with Crippen molar-refractivity contribution < 1.29 is 0 Å². The van der Waals surface area contributed by atoms with Gasteiger partial charge in [0, 0.05) is 23.7 Å². The van der Waals surface area contributed by atoms with Crippen molar-refractivity contribution >= 4 is 28.2 Å². The lowest BCUT2D eigenvalue weighted by molar-refractivity contribution is 0.235. The molecule has 3 rings (SSSR count). The maximum atomic E-state index is 12.6. The van der Waals surface area contributed by atoms with Gasteiger partial charge >= 0.3 is 0 Å². The molecule has 0 spiro atoms. The minimum atomic E-state index is -0.0155. The van der Waals surface area contributed by atoms with E-state index in [4.69, 9.17) is 12.2 Å². The zero-order chi connectivity index (χ0) is 17.8. The fraction of sp³-hybridized carbons (Fsp3) is 0.500. The van der Waals surface area contributed by atoms with Gasteiger partial charge in [-0.15, -0.1) is 0 Å². The second-order valence-corrected chi connectivity index (χ2v) is 7.36. The predicted molar refractivity (Wildman–Crippen MR) is 108 cm³/mol. The fourth-order valence-electron chi connectivity index (χ4n) is 3.67. The third-order valence-electron chi connectivity index (χ3n) is 5.02. The first kappa shape index (κ1) is 17.9. The number of aromatic amines is 1. The van der Waals surface area contributed by atoms with Crippen LogP contribution in [0.3, 0.4) is 0 Å². The largest absolute Gasteiger partial charge is 0.363 e. The highest BCUT2D eigenvalue weighted by atomic mass is 32.1. The zero-order valence-electron chi connectivity index (χ0n) is 15.1. The van der Waals surface area contributed by atoms with Gasteiger partial charge < -0.3 is 15.2 Å². The summed E-state index contributed by atoms with van der Waals surface area (Å²) in [6, 6.07) is 8.60. The van der Waals surface area contributed by atoms with E-state index in [2.05, 4.69) is 34.3 Å². The first-order valence-corrected chi connectivity index (χ1v) is 9.66. The lowest BCUT2D eigenvalue weighted by Crippen LogP contribution is -2.47. The summed E-state index contributed by atoms with van der Waals surface area (Å²) < 4.78 is 0. The Hall–Kier alpha value is -1.88. The van der Waals surface area contributed by atoms with Crippen LogP contribution < -0.4 is 10.9 Å². The van der Waals surface area contributed by atoms with Gasteiger partial charge in [0.2, 0.25) is 0 Å². The average Bonchev–Trinajstić information content (AvgIpc) is 2.61. The number of H-pyrrole nitrogens is 1. The third-order valence-corrected chi connectivity index (χ3v) is 5.40. The van der Waals surface area contributed by atoms with Crippen molar-refractivity contribution in [1.82, 2.24) is 15.2 Å². The lowest BCUT2D eigenvalue weighted by Gasteiger charge is -2.36. The number of hydrogen-bond donors (Lipinski definition) is 2. The number of pyridine rings is 1. The Kier molecular flexibility index (Phi) is 5.74. The maximum absolute atomic E-state index is 12.6. The minimum absolute atomic E-state index is 0.0155. The van der Waals surface area contributed by atoms with Crippen molar-refractivity contribution in [2.24, 2.45) is 0 Å². The highest BCUT2D eigenvalue weighted by molar-refractivity contribution is 7.80. The topological polar surface area (TPSA) is 48.1 Å². The molecule has 1 fully saturated rings. The summed E-state index contributed by atoms with van der Waals surface area (Å²) in [5, 5.41) is 5.10. The molecule has 0 bridgehead atoms. The van der Waals surface area contributed by atoms with Crippen molar-refractivity contribution in [1.29, 1.82) is 0 Å². The molecule has 4 nitrogen and oxygen atoms in total. The van der Waals surface area contributed by atoms with Crippen LogP contribution >= 0.6 is 12.2 Å². The average molecular weight is 358 g/mol. The first-order chi connectivity index (χ1) is 12.1. The molecule has 1 aromatic heterocycles. The lowest BCUT2D eigenvalue weighted by atomic mass is 9.94. The standard InChI is InChI=1S/C20H27N3OS/c1-3-21-20(25)23(17-7-5-4-6-8-17)13-16-12-15-10-9-14(2)11-18(15)22-19(16)24/h9-12,17H,3-8,13H2,1-2H3,(H,21,25)(H,22,24). The molecule has 2 N–H and O–H groups in total. The van der Waals surface area contributed by atoms with Crippen LogP contribution in [0.5, 0.6) is 0 Å². The second kappa shape index (κ2) is 8.00. The molecule has 25 heavy (non-hydrogen) atoms. The number of aromatic nitrogens is 1. The molecule has 5 heteroatoms. The summed E-state index contributed by atoms with van der Waals surface area (Å²) >= 11 is 5.61. The number of benzene rings is 1. The molecule has 1 aromatic carbocycles. The van der Waals surface area contributed by atoms with E-state index in [-0.39, 0.29) is 5.56 Å². The van der Waals surface area contributed by atoms with Gasteiger partial charge in [-0.3, -0.25) is 4.79 Å². The smallest absolute Gasteiger partial charge is 0.253 e. The van der Waals surface area contributed by atoms with Crippen LogP contribution in [0.25, 0.3) is 10.9 Å². The fourth-order valence-corrected chi connectivity index (χ4v) is 4.03. The van der Waals surface area contributed by atoms with E-state index in [1.165, 1.54) is 19.3 Å². The molecule has 0 aliphatic heterocycles. The van der Waals surface area contributed by atoms with Gasteiger partial charge in [-0.05, 0) is 62.0 Å². The summed E-state index contributed by atoms with van der Waals surface area (Å²) in [6.45, 7) is 5.45. The van der Waals surface area contributed by atoms with E-state index >= 15 is 0 Å². The number of aryl methyl sites for hydroxylation is 1. The number of rotatable bonds is 4. The van der Waals surface area contributed by atoms with Crippen LogP contribution in [-0.2, 0) is 6.54 Å². The van der Waals surface area contributed by atoms with E-state index in [0.717, 1.165) is 46.5 Å². The Morgan fingerprint density at radius 3 is 2.76 bits per heavy atom. The Labute approximate surface area is 154 Å². The maximum Gasteiger partial charge on any atom is 0.253 e. The summed E-state index contributed by atoms with van der Waals surface area (Å²) in [5.74, 6) is 0. The van der Waals surface area contributed by atoms with Crippen molar-refractivity contribution in [2.45, 2.75) is 58.5 Å². The van der Waals surface area contributed by atoms with Gasteiger partial charge in [-0.2, -0.15) is 0 Å². The van der Waals surface area contributed by atoms with Crippen molar-refractivity contribution in [3.8, 4) is 0 Å². The molecule has 0 saturated heterocycles. The molecule has 1 aliphatic rings. The third kappa shape index (κ3) is 4.21. The second-order valence-electron chi connectivity index (χ2n) is 6.97. The number of fused-ring (bicyclic) bond motifs is 1. The molecule has 0 atom stereocenters. The van der Waals surface area contributed by atoms with Crippen LogP contribution in [0.2, 0.25) is 0 Å². The Morgan fingerprint density at radius 1 is 1.28 bits per heavy atom. The molecule has 0 radical (unpaired) electrons. The number of thiocarbonyl (C=S) groups is 1. The van der Waals surface area contributed by atoms with Crippen LogP contribution in [0.4, 0.5) is 0 Å². The van der Waals surface area contributed by atoms with E-state index in [0.29, 0.717) is 12.6 Å². The molecule has 0 unspecified atom stereocenters. The van der Waals surface area contributed by atoms with Gasteiger partial charge in [-0.25, -0.2) is 0 Å². The normalized spacial score (nSPS) is 15.3. The highest BCUT2D eigenvalue weighted by Gasteiger charge is 2.24. The minimum Gasteiger partial charge on any atom is -0.363 e. The SMILES string of the molecule is CCNC(=S)N(Cc1cc2ccc(C)cc2[nH]c1=O)C1CCCCC1. The number of nitrogens with one attached hydrogen (secondary N) is 2. The van der Waals surface area contributed by atoms with Gasteiger partial charge in [-0.1, -0.05) is 31.4 Å². The molecule has 1 heterocycles. The molecule has 1 aliphatic carbocycles. The Morgan fingerprint density at radius 2 is 2.04 bits per heavy atom. The summed E-state index contributed by atoms with van der Waals surface area (Å²) in [4.78, 5) is 17.9.